The van der Waals surface area contributed by atoms with E-state index in [2.05, 4.69) is 0 Å². The van der Waals surface area contributed by atoms with Crippen LogP contribution in [0.15, 0.2) is 91.0 Å². The second-order valence-corrected chi connectivity index (χ2v) is 7.35. The molecular formula is C25H23NO2. The number of hydrogen-bond donors (Lipinski definition) is 1. The van der Waals surface area contributed by atoms with Crippen molar-refractivity contribution < 1.29 is 9.90 Å². The van der Waals surface area contributed by atoms with Gasteiger partial charge in [-0.1, -0.05) is 78.9 Å². The minimum Gasteiger partial charge on any atom is -0.381 e. The van der Waals surface area contributed by atoms with E-state index in [1.165, 1.54) is 0 Å². The van der Waals surface area contributed by atoms with E-state index in [-0.39, 0.29) is 11.9 Å². The Morgan fingerprint density at radius 3 is 2.04 bits per heavy atom. The second kappa shape index (κ2) is 7.10. The summed E-state index contributed by atoms with van der Waals surface area (Å²) in [4.78, 5) is 15.0. The predicted molar refractivity (Wildman–Crippen MR) is 111 cm³/mol. The van der Waals surface area contributed by atoms with Crippen LogP contribution >= 0.6 is 0 Å². The highest BCUT2D eigenvalue weighted by atomic mass is 16.3. The van der Waals surface area contributed by atoms with Gasteiger partial charge in [0.1, 0.15) is 5.60 Å². The second-order valence-electron chi connectivity index (χ2n) is 7.35. The molecule has 3 aromatic carbocycles. The first-order chi connectivity index (χ1) is 13.5. The van der Waals surface area contributed by atoms with Gasteiger partial charge < -0.3 is 10.0 Å². The highest BCUT2D eigenvalue weighted by Gasteiger charge is 2.37. The minimum atomic E-state index is -1.21. The van der Waals surface area contributed by atoms with Crippen molar-refractivity contribution >= 4 is 11.6 Å². The molecule has 4 rings (SSSR count). The van der Waals surface area contributed by atoms with Gasteiger partial charge in [0.05, 0.1) is 11.7 Å². The number of carbonyl (C=O) groups is 1. The fraction of sp³-hybridized carbons (Fsp3) is 0.160. The zero-order valence-corrected chi connectivity index (χ0v) is 16.0. The molecule has 0 bridgehead atoms. The number of benzene rings is 3. The molecule has 1 N–H and O–H groups in total. The first kappa shape index (κ1) is 18.2. The molecule has 0 radical (unpaired) electrons. The maximum absolute atomic E-state index is 13.2. The molecule has 1 aliphatic rings. The van der Waals surface area contributed by atoms with Gasteiger partial charge in [-0.05, 0) is 37.1 Å². The summed E-state index contributed by atoms with van der Waals surface area (Å²) in [6.45, 7) is 3.77. The smallest absolute Gasteiger partial charge is 0.259 e. The molecule has 3 nitrogen and oxygen atoms in total. The van der Waals surface area contributed by atoms with Crippen molar-refractivity contribution in [1.29, 1.82) is 0 Å². The lowest BCUT2D eigenvalue weighted by atomic mass is 9.93. The number of aliphatic hydroxyl groups is 1. The molecule has 0 aliphatic carbocycles. The summed E-state index contributed by atoms with van der Waals surface area (Å²) in [5.41, 5.74) is 2.89. The van der Waals surface area contributed by atoms with E-state index in [1.54, 1.807) is 17.9 Å². The van der Waals surface area contributed by atoms with E-state index in [4.69, 9.17) is 0 Å². The van der Waals surface area contributed by atoms with Crippen LogP contribution in [-0.4, -0.2) is 15.9 Å². The number of hydrogen-bond acceptors (Lipinski definition) is 2. The van der Waals surface area contributed by atoms with Crippen LogP contribution in [0.5, 0.6) is 0 Å². The molecule has 1 unspecified atom stereocenters. The van der Waals surface area contributed by atoms with Crippen molar-refractivity contribution in [1.82, 2.24) is 4.90 Å². The summed E-state index contributed by atoms with van der Waals surface area (Å²) >= 11 is 0. The average molecular weight is 369 g/mol. The zero-order chi connectivity index (χ0) is 19.7. The van der Waals surface area contributed by atoms with Crippen LogP contribution in [0, 0.1) is 0 Å². The highest BCUT2D eigenvalue weighted by molar-refractivity contribution is 6.09. The number of amides is 1. The van der Waals surface area contributed by atoms with Crippen LogP contribution in [0.25, 0.3) is 5.70 Å². The average Bonchev–Trinajstić information content (AvgIpc) is 3.00. The van der Waals surface area contributed by atoms with Gasteiger partial charge in [-0.3, -0.25) is 4.79 Å². The third-order valence-electron chi connectivity index (χ3n) is 5.36. The van der Waals surface area contributed by atoms with Crippen molar-refractivity contribution in [2.24, 2.45) is 0 Å². The van der Waals surface area contributed by atoms with E-state index in [0.717, 1.165) is 22.4 Å². The Hall–Kier alpha value is -3.17. The van der Waals surface area contributed by atoms with E-state index in [0.29, 0.717) is 5.56 Å². The molecule has 1 aliphatic heterocycles. The molecule has 0 saturated carbocycles. The standard InChI is InChI=1S/C25H23NO2/c1-18(19-11-5-3-6-12-19)26-23(21-15-9-10-16-22(21)24(26)27)17-25(2,28)20-13-7-4-8-14-20/h3-18,28H,1-2H3/b23-17+/t18-,25?/m0/s1. The Kier molecular flexibility index (Phi) is 4.62. The van der Waals surface area contributed by atoms with Crippen molar-refractivity contribution in [2.45, 2.75) is 25.5 Å². The Balaban J connectivity index is 1.85. The van der Waals surface area contributed by atoms with E-state index < -0.39 is 5.60 Å². The normalized spacial score (nSPS) is 18.0. The number of fused-ring (bicyclic) bond motifs is 1. The van der Waals surface area contributed by atoms with Gasteiger partial charge in [-0.2, -0.15) is 0 Å². The summed E-state index contributed by atoms with van der Waals surface area (Å²) in [5.74, 6) is -0.0398. The molecule has 3 heteroatoms. The molecule has 140 valence electrons. The lowest BCUT2D eigenvalue weighted by Gasteiger charge is -2.29. The lowest BCUT2D eigenvalue weighted by Crippen LogP contribution is -2.28. The van der Waals surface area contributed by atoms with Crippen molar-refractivity contribution in [3.63, 3.8) is 0 Å². The van der Waals surface area contributed by atoms with Crippen LogP contribution in [0.4, 0.5) is 0 Å². The lowest BCUT2D eigenvalue weighted by molar-refractivity contribution is 0.0804. The minimum absolute atomic E-state index is 0.0398. The predicted octanol–water partition coefficient (Wildman–Crippen LogP) is 5.15. The molecule has 0 saturated heterocycles. The van der Waals surface area contributed by atoms with Crippen LogP contribution < -0.4 is 0 Å². The Bertz CT molecular complexity index is 1020. The van der Waals surface area contributed by atoms with E-state index in [9.17, 15) is 9.90 Å². The summed E-state index contributed by atoms with van der Waals surface area (Å²) < 4.78 is 0. The number of carbonyl (C=O) groups excluding carboxylic acids is 1. The van der Waals surface area contributed by atoms with Crippen molar-refractivity contribution in [3.8, 4) is 0 Å². The monoisotopic (exact) mass is 369 g/mol. The number of nitrogens with zero attached hydrogens (tertiary/aromatic N) is 1. The zero-order valence-electron chi connectivity index (χ0n) is 16.0. The van der Waals surface area contributed by atoms with Crippen molar-refractivity contribution in [2.75, 3.05) is 0 Å². The van der Waals surface area contributed by atoms with Crippen LogP contribution in [0.3, 0.4) is 0 Å². The Labute approximate surface area is 165 Å². The third kappa shape index (κ3) is 3.14. The summed E-state index contributed by atoms with van der Waals surface area (Å²) in [5, 5.41) is 11.2. The van der Waals surface area contributed by atoms with Gasteiger partial charge in [0.25, 0.3) is 5.91 Å². The summed E-state index contributed by atoms with van der Waals surface area (Å²) in [7, 11) is 0. The molecule has 28 heavy (non-hydrogen) atoms. The molecule has 1 heterocycles. The fourth-order valence-electron chi connectivity index (χ4n) is 3.80. The van der Waals surface area contributed by atoms with E-state index in [1.807, 2.05) is 91.9 Å². The number of rotatable bonds is 4. The van der Waals surface area contributed by atoms with Crippen LogP contribution in [0.1, 0.15) is 46.9 Å². The maximum atomic E-state index is 13.2. The van der Waals surface area contributed by atoms with E-state index >= 15 is 0 Å². The highest BCUT2D eigenvalue weighted by Crippen LogP contribution is 2.41. The summed E-state index contributed by atoms with van der Waals surface area (Å²) in [6, 6.07) is 26.9. The third-order valence-corrected chi connectivity index (χ3v) is 5.36. The molecule has 3 aromatic rings. The van der Waals surface area contributed by atoms with Gasteiger partial charge in [-0.15, -0.1) is 0 Å². The molecule has 2 atom stereocenters. The molecule has 0 fully saturated rings. The molecule has 0 aromatic heterocycles. The van der Waals surface area contributed by atoms with Crippen LogP contribution in [0.2, 0.25) is 0 Å². The molecule has 0 spiro atoms. The van der Waals surface area contributed by atoms with Crippen LogP contribution in [-0.2, 0) is 5.60 Å². The largest absolute Gasteiger partial charge is 0.381 e. The summed E-state index contributed by atoms with van der Waals surface area (Å²) in [6.07, 6.45) is 1.80. The molecular weight excluding hydrogens is 346 g/mol. The topological polar surface area (TPSA) is 40.5 Å². The first-order valence-corrected chi connectivity index (χ1v) is 9.48. The SMILES string of the molecule is C[C@@H](c1ccccc1)N1C(=O)c2ccccc2/C1=C\C(C)(O)c1ccccc1. The Morgan fingerprint density at radius 1 is 0.857 bits per heavy atom. The Morgan fingerprint density at radius 2 is 1.39 bits per heavy atom. The fourth-order valence-corrected chi connectivity index (χ4v) is 3.80. The van der Waals surface area contributed by atoms with Gasteiger partial charge in [0.15, 0.2) is 0 Å². The molecule has 1 amide bonds. The van der Waals surface area contributed by atoms with Gasteiger partial charge >= 0.3 is 0 Å². The van der Waals surface area contributed by atoms with Crippen molar-refractivity contribution in [3.05, 3.63) is 113 Å². The van der Waals surface area contributed by atoms with Gasteiger partial charge in [-0.25, -0.2) is 0 Å². The van der Waals surface area contributed by atoms with Gasteiger partial charge in [0, 0.05) is 11.1 Å². The first-order valence-electron chi connectivity index (χ1n) is 9.48. The maximum Gasteiger partial charge on any atom is 0.259 e. The van der Waals surface area contributed by atoms with Gasteiger partial charge in [0.2, 0.25) is 0 Å². The quantitative estimate of drug-likeness (QED) is 0.691.